The first-order valence-electron chi connectivity index (χ1n) is 12.2. The predicted octanol–water partition coefficient (Wildman–Crippen LogP) is 4.85. The minimum Gasteiger partial charge on any atom is -0.338 e. The zero-order valence-corrected chi connectivity index (χ0v) is 18.9. The molecule has 7 rings (SSSR count). The lowest BCUT2D eigenvalue weighted by Gasteiger charge is -2.19. The maximum absolute atomic E-state index is 13.2. The van der Waals surface area contributed by atoms with Crippen LogP contribution in [0.2, 0.25) is 0 Å². The number of para-hydroxylation sites is 1. The van der Waals surface area contributed by atoms with Gasteiger partial charge in [0.25, 0.3) is 11.8 Å². The van der Waals surface area contributed by atoms with Gasteiger partial charge in [-0.2, -0.15) is 0 Å². The van der Waals surface area contributed by atoms with Gasteiger partial charge in [0.2, 0.25) is 0 Å². The lowest BCUT2D eigenvalue weighted by molar-refractivity contribution is 0.0753. The monoisotopic (exact) mass is 437 g/mol. The molecule has 2 saturated carbocycles. The predicted molar refractivity (Wildman–Crippen MR) is 127 cm³/mol. The molecule has 166 valence electrons. The molecule has 5 nitrogen and oxygen atoms in total. The Hall–Kier alpha value is -3.21. The van der Waals surface area contributed by atoms with Gasteiger partial charge in [-0.05, 0) is 66.8 Å². The van der Waals surface area contributed by atoms with Crippen molar-refractivity contribution in [1.29, 1.82) is 0 Å². The van der Waals surface area contributed by atoms with E-state index < -0.39 is 0 Å². The zero-order chi connectivity index (χ0) is 22.3. The molecular formula is C28H27N3O2. The summed E-state index contributed by atoms with van der Waals surface area (Å²) >= 11 is 0. The van der Waals surface area contributed by atoms with Gasteiger partial charge in [-0.3, -0.25) is 14.6 Å². The van der Waals surface area contributed by atoms with E-state index in [-0.39, 0.29) is 17.4 Å². The molecular weight excluding hydrogens is 410 g/mol. The molecule has 3 fully saturated rings. The number of nitrogens with zero attached hydrogens (tertiary/aromatic N) is 3. The number of carbonyl (C=O) groups excluding carboxylic acids is 2. The molecule has 0 radical (unpaired) electrons. The van der Waals surface area contributed by atoms with Gasteiger partial charge in [-0.25, -0.2) is 0 Å². The summed E-state index contributed by atoms with van der Waals surface area (Å²) in [6.45, 7) is 1.79. The summed E-state index contributed by atoms with van der Waals surface area (Å²) in [5, 5.41) is 0.979. The molecule has 2 aromatic carbocycles. The highest BCUT2D eigenvalue weighted by molar-refractivity contribution is 6.03. The third kappa shape index (κ3) is 2.68. The summed E-state index contributed by atoms with van der Waals surface area (Å²) in [6.07, 6.45) is 7.64. The fraction of sp³-hybridized carbons (Fsp3) is 0.393. The van der Waals surface area contributed by atoms with Crippen molar-refractivity contribution in [1.82, 2.24) is 14.8 Å². The topological polar surface area (TPSA) is 53.5 Å². The van der Waals surface area contributed by atoms with Crippen molar-refractivity contribution in [2.45, 2.75) is 37.6 Å². The quantitative estimate of drug-likeness (QED) is 0.576. The maximum atomic E-state index is 13.2. The van der Waals surface area contributed by atoms with E-state index in [1.807, 2.05) is 47.2 Å². The Balaban J connectivity index is 1.25. The molecule has 1 saturated heterocycles. The van der Waals surface area contributed by atoms with Crippen LogP contribution in [0.1, 0.15) is 58.4 Å². The van der Waals surface area contributed by atoms with Gasteiger partial charge in [0.15, 0.2) is 0 Å². The molecule has 0 bridgehead atoms. The molecule has 2 atom stereocenters. The molecule has 0 unspecified atom stereocenters. The van der Waals surface area contributed by atoms with Crippen LogP contribution in [0.25, 0.3) is 22.0 Å². The van der Waals surface area contributed by atoms with Gasteiger partial charge in [-0.15, -0.1) is 0 Å². The minimum atomic E-state index is -0.103. The first-order valence-corrected chi connectivity index (χ1v) is 12.2. The molecule has 33 heavy (non-hydrogen) atoms. The SMILES string of the molecule is CN1C(=O)c2ccc(-c3cccc4cc(C(=O)N5C[C@H]6CCC[C@H]6C5)cnc34)cc2C12CC2. The van der Waals surface area contributed by atoms with E-state index in [1.165, 1.54) is 19.3 Å². The molecule has 2 amide bonds. The fourth-order valence-corrected chi connectivity index (χ4v) is 6.66. The second-order valence-electron chi connectivity index (χ2n) is 10.4. The number of fused-ring (bicyclic) bond motifs is 4. The number of benzene rings is 2. The zero-order valence-electron chi connectivity index (χ0n) is 18.9. The van der Waals surface area contributed by atoms with E-state index in [0.717, 1.165) is 59.1 Å². The molecule has 0 N–H and O–H groups in total. The van der Waals surface area contributed by atoms with Gasteiger partial charge >= 0.3 is 0 Å². The highest BCUT2D eigenvalue weighted by Crippen LogP contribution is 2.56. The van der Waals surface area contributed by atoms with Crippen LogP contribution in [0.4, 0.5) is 0 Å². The van der Waals surface area contributed by atoms with E-state index in [4.69, 9.17) is 4.98 Å². The van der Waals surface area contributed by atoms with Crippen molar-refractivity contribution in [2.24, 2.45) is 11.8 Å². The van der Waals surface area contributed by atoms with Crippen LogP contribution < -0.4 is 0 Å². The number of rotatable bonds is 2. The summed E-state index contributed by atoms with van der Waals surface area (Å²) in [4.78, 5) is 34.6. The Morgan fingerprint density at radius 3 is 2.58 bits per heavy atom. The molecule has 5 heteroatoms. The van der Waals surface area contributed by atoms with Crippen LogP contribution in [0.5, 0.6) is 0 Å². The highest BCUT2D eigenvalue weighted by Gasteiger charge is 2.56. The van der Waals surface area contributed by atoms with Crippen molar-refractivity contribution in [3.63, 3.8) is 0 Å². The standard InChI is InChI=1S/C28H27N3O2/c1-30-27(33)23-9-8-17(13-24(23)28(30)10-11-28)22-7-3-4-18-12-21(14-29-25(18)22)26(32)31-15-19-5-2-6-20(19)16-31/h3-4,7-9,12-14,19-20H,2,5-6,10-11,15-16H2,1H3/t19-,20+. The highest BCUT2D eigenvalue weighted by atomic mass is 16.2. The van der Waals surface area contributed by atoms with E-state index in [9.17, 15) is 9.59 Å². The largest absolute Gasteiger partial charge is 0.338 e. The third-order valence-corrected chi connectivity index (χ3v) is 8.70. The van der Waals surface area contributed by atoms with E-state index in [2.05, 4.69) is 12.1 Å². The minimum absolute atomic E-state index is 0.103. The normalized spacial score (nSPS) is 24.6. The van der Waals surface area contributed by atoms with Crippen molar-refractivity contribution < 1.29 is 9.59 Å². The lowest BCUT2D eigenvalue weighted by atomic mass is 9.95. The van der Waals surface area contributed by atoms with Crippen LogP contribution in [0.3, 0.4) is 0 Å². The fourth-order valence-electron chi connectivity index (χ4n) is 6.66. The Kier molecular flexibility index (Phi) is 3.89. The molecule has 3 aromatic rings. The first-order chi connectivity index (χ1) is 16.0. The number of hydrogen-bond donors (Lipinski definition) is 0. The maximum Gasteiger partial charge on any atom is 0.255 e. The first kappa shape index (κ1) is 19.3. The van der Waals surface area contributed by atoms with Crippen molar-refractivity contribution in [2.75, 3.05) is 20.1 Å². The second kappa shape index (κ2) is 6.66. The third-order valence-electron chi connectivity index (χ3n) is 8.70. The van der Waals surface area contributed by atoms with Crippen molar-refractivity contribution >= 4 is 22.7 Å². The smallest absolute Gasteiger partial charge is 0.255 e. The van der Waals surface area contributed by atoms with Crippen molar-refractivity contribution in [3.05, 3.63) is 65.4 Å². The summed E-state index contributed by atoms with van der Waals surface area (Å²) < 4.78 is 0. The summed E-state index contributed by atoms with van der Waals surface area (Å²) in [5.41, 5.74) is 5.57. The molecule has 4 aliphatic rings. The summed E-state index contributed by atoms with van der Waals surface area (Å²) in [7, 11) is 1.92. The van der Waals surface area contributed by atoms with Crippen LogP contribution >= 0.6 is 0 Å². The van der Waals surface area contributed by atoms with Gasteiger partial charge in [0.05, 0.1) is 16.6 Å². The molecule has 1 spiro atoms. The van der Waals surface area contributed by atoms with Gasteiger partial charge < -0.3 is 9.80 Å². The Morgan fingerprint density at radius 2 is 1.82 bits per heavy atom. The van der Waals surface area contributed by atoms with Crippen LogP contribution in [-0.2, 0) is 5.54 Å². The Morgan fingerprint density at radius 1 is 1.03 bits per heavy atom. The van der Waals surface area contributed by atoms with E-state index in [0.29, 0.717) is 17.4 Å². The summed E-state index contributed by atoms with van der Waals surface area (Å²) in [5.74, 6) is 1.61. The van der Waals surface area contributed by atoms with Crippen LogP contribution in [0.15, 0.2) is 48.7 Å². The molecule has 3 heterocycles. The lowest BCUT2D eigenvalue weighted by Crippen LogP contribution is -2.29. The molecule has 2 aliphatic heterocycles. The second-order valence-corrected chi connectivity index (χ2v) is 10.4. The van der Waals surface area contributed by atoms with Gasteiger partial charge in [-0.1, -0.05) is 30.7 Å². The average molecular weight is 438 g/mol. The molecule has 1 aromatic heterocycles. The van der Waals surface area contributed by atoms with Gasteiger partial charge in [0.1, 0.15) is 0 Å². The van der Waals surface area contributed by atoms with Crippen LogP contribution in [-0.4, -0.2) is 46.7 Å². The number of carbonyl (C=O) groups is 2. The van der Waals surface area contributed by atoms with Crippen molar-refractivity contribution in [3.8, 4) is 11.1 Å². The van der Waals surface area contributed by atoms with Crippen LogP contribution in [0, 0.1) is 11.8 Å². The van der Waals surface area contributed by atoms with E-state index >= 15 is 0 Å². The number of hydrogen-bond acceptors (Lipinski definition) is 3. The number of amides is 2. The number of pyridine rings is 1. The number of likely N-dealkylation sites (tertiary alicyclic amines) is 1. The average Bonchev–Trinajstić information content (AvgIpc) is 3.30. The number of aromatic nitrogens is 1. The Bertz CT molecular complexity index is 1330. The van der Waals surface area contributed by atoms with E-state index in [1.54, 1.807) is 6.20 Å². The molecule has 2 aliphatic carbocycles. The van der Waals surface area contributed by atoms with Gasteiger partial charge in [0, 0.05) is 42.8 Å². The Labute approximate surface area is 193 Å². The summed E-state index contributed by atoms with van der Waals surface area (Å²) in [6, 6.07) is 14.3.